The van der Waals surface area contributed by atoms with Crippen molar-refractivity contribution < 1.29 is 23.0 Å². The molecule has 0 aliphatic carbocycles. The first-order valence-corrected chi connectivity index (χ1v) is 8.56. The molecule has 2 rings (SSSR count). The smallest absolute Gasteiger partial charge is 0.417 e. The lowest BCUT2D eigenvalue weighted by atomic mass is 10.1. The third-order valence-corrected chi connectivity index (χ3v) is 3.73. The van der Waals surface area contributed by atoms with Gasteiger partial charge >= 0.3 is 6.29 Å². The van der Waals surface area contributed by atoms with Crippen LogP contribution in [0.2, 0.25) is 0 Å². The zero-order chi connectivity index (χ0) is 21.4. The molecule has 1 amide bonds. The summed E-state index contributed by atoms with van der Waals surface area (Å²) in [6.07, 6.45) is 6.31. The number of allylic oxidation sites excluding steroid dienone is 5. The minimum atomic E-state index is -3.84. The lowest BCUT2D eigenvalue weighted by Gasteiger charge is -2.25. The maximum atomic E-state index is 13.6. The summed E-state index contributed by atoms with van der Waals surface area (Å²) in [7, 11) is 0. The molecule has 0 radical (unpaired) electrons. The van der Waals surface area contributed by atoms with Gasteiger partial charge in [-0.2, -0.15) is 0 Å². The molecule has 0 aromatic carbocycles. The molecule has 0 bridgehead atoms. The summed E-state index contributed by atoms with van der Waals surface area (Å²) < 4.78 is 35.9. The van der Waals surface area contributed by atoms with Gasteiger partial charge in [-0.1, -0.05) is 24.3 Å². The Hall–Kier alpha value is -3.40. The standard InChI is InChI=1S/C19H21F2N5O3/c1-4-7-13(10-23-3)15-11-24-17(22)16(25-15)18(27)26-14-8-5-6-9-28-19(20,21)29-12(14)2/h4-12,14H,3H2,1-2H3,(H2,22,24)(H,26,27)/b7-4-,8-5-,9-6+,13-10+. The molecule has 1 aliphatic rings. The monoisotopic (exact) mass is 405 g/mol. The average Bonchev–Trinajstić information content (AvgIpc) is 2.71. The molecular formula is C19H21F2N5O3. The predicted octanol–water partition coefficient (Wildman–Crippen LogP) is 2.83. The van der Waals surface area contributed by atoms with E-state index in [4.69, 9.17) is 5.73 Å². The fourth-order valence-corrected chi connectivity index (χ4v) is 2.38. The number of ether oxygens (including phenoxy) is 2. The number of alkyl halides is 2. The Bertz CT molecular complexity index is 881. The third kappa shape index (κ3) is 6.04. The highest BCUT2D eigenvalue weighted by atomic mass is 19.3. The SMILES string of the molecule is C=N/C=C(\C=C/C)c1cnc(N)c(C(=O)NC2/C=C\C=C\OC(F)(F)OC2C)n1. The van der Waals surface area contributed by atoms with E-state index in [9.17, 15) is 13.6 Å². The number of nitrogens with zero attached hydrogens (tertiary/aromatic N) is 3. The summed E-state index contributed by atoms with van der Waals surface area (Å²) in [5.74, 6) is -0.826. The molecule has 3 N–H and O–H groups in total. The van der Waals surface area contributed by atoms with Crippen LogP contribution in [-0.2, 0) is 9.47 Å². The van der Waals surface area contributed by atoms with Gasteiger partial charge < -0.3 is 15.8 Å². The second-order valence-corrected chi connectivity index (χ2v) is 5.87. The van der Waals surface area contributed by atoms with Crippen LogP contribution in [0.1, 0.15) is 30.0 Å². The van der Waals surface area contributed by atoms with Crippen molar-refractivity contribution in [3.05, 3.63) is 60.4 Å². The summed E-state index contributed by atoms with van der Waals surface area (Å²) >= 11 is 0. The average molecular weight is 405 g/mol. The van der Waals surface area contributed by atoms with E-state index in [0.29, 0.717) is 11.3 Å². The van der Waals surface area contributed by atoms with E-state index in [2.05, 4.69) is 36.5 Å². The van der Waals surface area contributed by atoms with Crippen LogP contribution in [0.4, 0.5) is 14.6 Å². The molecule has 0 spiro atoms. The summed E-state index contributed by atoms with van der Waals surface area (Å²) in [4.78, 5) is 24.6. The molecule has 8 nitrogen and oxygen atoms in total. The molecule has 0 fully saturated rings. The zero-order valence-corrected chi connectivity index (χ0v) is 15.9. The third-order valence-electron chi connectivity index (χ3n) is 3.73. The Balaban J connectivity index is 2.30. The van der Waals surface area contributed by atoms with Crippen LogP contribution >= 0.6 is 0 Å². The van der Waals surface area contributed by atoms with Gasteiger partial charge in [0.25, 0.3) is 5.91 Å². The lowest BCUT2D eigenvalue weighted by molar-refractivity contribution is -0.386. The predicted molar refractivity (Wildman–Crippen MR) is 105 cm³/mol. The van der Waals surface area contributed by atoms with Crippen molar-refractivity contribution >= 4 is 24.0 Å². The number of anilines is 1. The van der Waals surface area contributed by atoms with Crippen molar-refractivity contribution in [2.24, 2.45) is 4.99 Å². The number of aromatic nitrogens is 2. The fraction of sp³-hybridized carbons (Fsp3) is 0.263. The van der Waals surface area contributed by atoms with Crippen LogP contribution in [0.3, 0.4) is 0 Å². The number of nitrogen functional groups attached to an aromatic ring is 1. The van der Waals surface area contributed by atoms with Gasteiger partial charge in [-0.25, -0.2) is 9.97 Å². The van der Waals surface area contributed by atoms with Crippen molar-refractivity contribution in [2.75, 3.05) is 5.73 Å². The number of amides is 1. The van der Waals surface area contributed by atoms with Crippen molar-refractivity contribution in [1.29, 1.82) is 0 Å². The van der Waals surface area contributed by atoms with E-state index < -0.39 is 24.3 Å². The van der Waals surface area contributed by atoms with Gasteiger partial charge in [0.15, 0.2) is 11.5 Å². The largest absolute Gasteiger partial charge is 0.535 e. The Morgan fingerprint density at radius 2 is 2.21 bits per heavy atom. The molecule has 154 valence electrons. The molecule has 2 atom stereocenters. The number of nitrogens with two attached hydrogens (primary N) is 1. The highest BCUT2D eigenvalue weighted by molar-refractivity contribution is 5.97. The van der Waals surface area contributed by atoms with Crippen molar-refractivity contribution in [2.45, 2.75) is 32.3 Å². The Kier molecular flexibility index (Phi) is 7.32. The Morgan fingerprint density at radius 1 is 1.45 bits per heavy atom. The van der Waals surface area contributed by atoms with Gasteiger partial charge in [0.1, 0.15) is 0 Å². The molecule has 29 heavy (non-hydrogen) atoms. The molecule has 10 heteroatoms. The first-order chi connectivity index (χ1) is 13.8. The maximum absolute atomic E-state index is 13.6. The molecule has 1 aromatic rings. The number of halogens is 2. The number of carbonyl (C=O) groups excluding carboxylic acids is 1. The molecular weight excluding hydrogens is 384 g/mol. The van der Waals surface area contributed by atoms with Gasteiger partial charge in [-0.3, -0.25) is 14.5 Å². The highest BCUT2D eigenvalue weighted by Gasteiger charge is 2.37. The lowest BCUT2D eigenvalue weighted by Crippen LogP contribution is -2.45. The first-order valence-electron chi connectivity index (χ1n) is 8.56. The first kappa shape index (κ1) is 21.9. The van der Waals surface area contributed by atoms with E-state index >= 15 is 0 Å². The van der Waals surface area contributed by atoms with Crippen molar-refractivity contribution in [3.8, 4) is 0 Å². The van der Waals surface area contributed by atoms with E-state index in [0.717, 1.165) is 6.26 Å². The van der Waals surface area contributed by atoms with Crippen LogP contribution < -0.4 is 11.1 Å². The summed E-state index contributed by atoms with van der Waals surface area (Å²) in [6, 6.07) is -0.912. The zero-order valence-electron chi connectivity index (χ0n) is 15.9. The Morgan fingerprint density at radius 3 is 2.90 bits per heavy atom. The molecule has 0 saturated carbocycles. The van der Waals surface area contributed by atoms with Crippen LogP contribution in [0.5, 0.6) is 0 Å². The van der Waals surface area contributed by atoms with Gasteiger partial charge in [-0.15, -0.1) is 8.78 Å². The van der Waals surface area contributed by atoms with E-state index in [1.165, 1.54) is 37.5 Å². The molecule has 1 aromatic heterocycles. The minimum absolute atomic E-state index is 0.119. The number of aliphatic imine (C=N–C) groups is 1. The molecule has 2 unspecified atom stereocenters. The molecule has 1 aliphatic heterocycles. The quantitative estimate of drug-likeness (QED) is 0.576. The second kappa shape index (κ2) is 9.69. The number of nitrogens with one attached hydrogen (secondary N) is 1. The summed E-state index contributed by atoms with van der Waals surface area (Å²) in [6.45, 7) is 6.56. The highest BCUT2D eigenvalue weighted by Crippen LogP contribution is 2.23. The number of hydrogen-bond acceptors (Lipinski definition) is 7. The summed E-state index contributed by atoms with van der Waals surface area (Å²) in [5, 5.41) is 2.56. The van der Waals surface area contributed by atoms with Crippen LogP contribution in [-0.4, -0.2) is 41.0 Å². The van der Waals surface area contributed by atoms with E-state index in [1.807, 2.05) is 0 Å². The van der Waals surface area contributed by atoms with Crippen molar-refractivity contribution in [3.63, 3.8) is 0 Å². The maximum Gasteiger partial charge on any atom is 0.535 e. The van der Waals surface area contributed by atoms with Gasteiger partial charge in [0.2, 0.25) is 0 Å². The second-order valence-electron chi connectivity index (χ2n) is 5.87. The number of hydrogen-bond donors (Lipinski definition) is 2. The van der Waals surface area contributed by atoms with Crippen molar-refractivity contribution in [1.82, 2.24) is 15.3 Å². The van der Waals surface area contributed by atoms with Crippen LogP contribution in [0, 0.1) is 0 Å². The van der Waals surface area contributed by atoms with E-state index in [-0.39, 0.29) is 11.5 Å². The van der Waals surface area contributed by atoms with Gasteiger partial charge in [0.05, 0.1) is 30.3 Å². The van der Waals surface area contributed by atoms with Gasteiger partial charge in [-0.05, 0) is 26.6 Å². The normalized spacial score (nSPS) is 23.9. The van der Waals surface area contributed by atoms with Gasteiger partial charge in [0, 0.05) is 11.8 Å². The van der Waals surface area contributed by atoms with Crippen LogP contribution in [0.25, 0.3) is 5.57 Å². The van der Waals surface area contributed by atoms with E-state index in [1.54, 1.807) is 19.1 Å². The molecule has 2 heterocycles. The Labute approximate surface area is 166 Å². The van der Waals surface area contributed by atoms with Crippen LogP contribution in [0.15, 0.2) is 54.0 Å². The fourth-order valence-electron chi connectivity index (χ4n) is 2.38. The topological polar surface area (TPSA) is 112 Å². The minimum Gasteiger partial charge on any atom is -0.417 e. The number of rotatable bonds is 5. The number of carbonyl (C=O) groups is 1. The summed E-state index contributed by atoms with van der Waals surface area (Å²) in [5.41, 5.74) is 6.53. The molecule has 0 saturated heterocycles.